The van der Waals surface area contributed by atoms with Crippen LogP contribution in [0.2, 0.25) is 10.0 Å². The zero-order valence-corrected chi connectivity index (χ0v) is 15.4. The van der Waals surface area contributed by atoms with Crippen molar-refractivity contribution in [1.29, 1.82) is 0 Å². The third-order valence-electron chi connectivity index (χ3n) is 3.74. The first-order chi connectivity index (χ1) is 12.5. The summed E-state index contributed by atoms with van der Waals surface area (Å²) in [7, 11) is 0. The van der Waals surface area contributed by atoms with Crippen LogP contribution in [0.15, 0.2) is 36.4 Å². The Morgan fingerprint density at radius 1 is 1.12 bits per heavy atom. The summed E-state index contributed by atoms with van der Waals surface area (Å²) in [5, 5.41) is 3.24. The van der Waals surface area contributed by atoms with Crippen LogP contribution < -0.4 is 19.7 Å². The molecule has 0 radical (unpaired) electrons. The minimum Gasteiger partial charge on any atom is -0.486 e. The number of halogens is 2. The first-order valence-electron chi connectivity index (χ1n) is 7.87. The van der Waals surface area contributed by atoms with Crippen molar-refractivity contribution in [3.05, 3.63) is 46.4 Å². The predicted octanol–water partition coefficient (Wildman–Crippen LogP) is 3.76. The van der Waals surface area contributed by atoms with Crippen LogP contribution in [0.25, 0.3) is 0 Å². The molecule has 0 spiro atoms. The summed E-state index contributed by atoms with van der Waals surface area (Å²) in [6.07, 6.45) is 0. The summed E-state index contributed by atoms with van der Waals surface area (Å²) in [5.41, 5.74) is 0.920. The molecule has 136 valence electrons. The van der Waals surface area contributed by atoms with Crippen molar-refractivity contribution < 1.29 is 19.1 Å². The van der Waals surface area contributed by atoms with Gasteiger partial charge in [-0.15, -0.1) is 0 Å². The number of rotatable bonds is 4. The van der Waals surface area contributed by atoms with Crippen molar-refractivity contribution in [2.75, 3.05) is 30.0 Å². The molecule has 0 aromatic heterocycles. The second-order valence-electron chi connectivity index (χ2n) is 5.58. The van der Waals surface area contributed by atoms with E-state index in [2.05, 4.69) is 5.32 Å². The lowest BCUT2D eigenvalue weighted by Crippen LogP contribution is -2.36. The van der Waals surface area contributed by atoms with E-state index >= 15 is 0 Å². The molecule has 2 amide bonds. The summed E-state index contributed by atoms with van der Waals surface area (Å²) in [6.45, 7) is 2.12. The zero-order chi connectivity index (χ0) is 18.7. The third kappa shape index (κ3) is 4.03. The number of nitrogens with one attached hydrogen (secondary N) is 1. The highest BCUT2D eigenvalue weighted by molar-refractivity contribution is 6.44. The lowest BCUT2D eigenvalue weighted by molar-refractivity contribution is -0.120. The number of amides is 2. The molecule has 1 N–H and O–H groups in total. The number of fused-ring (bicyclic) bond motifs is 1. The Morgan fingerprint density at radius 3 is 2.58 bits per heavy atom. The number of carbonyl (C=O) groups excluding carboxylic acids is 2. The fourth-order valence-electron chi connectivity index (χ4n) is 2.52. The molecule has 0 saturated carbocycles. The lowest BCUT2D eigenvalue weighted by atomic mass is 10.2. The fourth-order valence-corrected chi connectivity index (χ4v) is 2.87. The molecule has 8 heteroatoms. The summed E-state index contributed by atoms with van der Waals surface area (Å²) in [4.78, 5) is 25.8. The maximum Gasteiger partial charge on any atom is 0.244 e. The number of benzene rings is 2. The van der Waals surface area contributed by atoms with Gasteiger partial charge >= 0.3 is 0 Å². The maximum absolute atomic E-state index is 12.4. The van der Waals surface area contributed by atoms with Gasteiger partial charge < -0.3 is 19.7 Å². The van der Waals surface area contributed by atoms with E-state index in [1.54, 1.807) is 36.4 Å². The van der Waals surface area contributed by atoms with Crippen molar-refractivity contribution >= 4 is 46.4 Å². The Morgan fingerprint density at radius 2 is 1.85 bits per heavy atom. The molecule has 26 heavy (non-hydrogen) atoms. The summed E-state index contributed by atoms with van der Waals surface area (Å²) >= 11 is 12.0. The topological polar surface area (TPSA) is 67.9 Å². The predicted molar refractivity (Wildman–Crippen MR) is 101 cm³/mol. The van der Waals surface area contributed by atoms with E-state index in [0.717, 1.165) is 0 Å². The molecular weight excluding hydrogens is 379 g/mol. The number of carbonyl (C=O) groups is 2. The highest BCUT2D eigenvalue weighted by Crippen LogP contribution is 2.34. The Bertz CT molecular complexity index is 857. The van der Waals surface area contributed by atoms with Crippen LogP contribution in [0.3, 0.4) is 0 Å². The number of anilines is 2. The van der Waals surface area contributed by atoms with E-state index in [0.29, 0.717) is 41.1 Å². The Labute approximate surface area is 160 Å². The van der Waals surface area contributed by atoms with Crippen molar-refractivity contribution in [3.8, 4) is 11.5 Å². The van der Waals surface area contributed by atoms with Gasteiger partial charge in [0.15, 0.2) is 11.5 Å². The lowest BCUT2D eigenvalue weighted by Gasteiger charge is -2.24. The Kier molecular flexibility index (Phi) is 5.54. The summed E-state index contributed by atoms with van der Waals surface area (Å²) in [5.74, 6) is 0.463. The van der Waals surface area contributed by atoms with Crippen LogP contribution in [0.4, 0.5) is 11.4 Å². The van der Waals surface area contributed by atoms with E-state index in [1.807, 2.05) is 0 Å². The monoisotopic (exact) mass is 394 g/mol. The second kappa shape index (κ2) is 7.85. The molecule has 0 atom stereocenters. The molecule has 1 aliphatic rings. The fraction of sp³-hybridized carbons (Fsp3) is 0.222. The molecule has 1 heterocycles. The molecule has 2 aromatic rings. The van der Waals surface area contributed by atoms with Crippen molar-refractivity contribution in [2.24, 2.45) is 0 Å². The van der Waals surface area contributed by atoms with Crippen LogP contribution in [-0.2, 0) is 9.59 Å². The van der Waals surface area contributed by atoms with Gasteiger partial charge in [-0.2, -0.15) is 0 Å². The highest BCUT2D eigenvalue weighted by atomic mass is 35.5. The second-order valence-corrected chi connectivity index (χ2v) is 6.37. The molecular formula is C18H16Cl2N2O4. The molecule has 0 unspecified atom stereocenters. The zero-order valence-electron chi connectivity index (χ0n) is 13.9. The van der Waals surface area contributed by atoms with Crippen molar-refractivity contribution in [2.45, 2.75) is 6.92 Å². The van der Waals surface area contributed by atoms with Gasteiger partial charge in [-0.05, 0) is 24.3 Å². The van der Waals surface area contributed by atoms with Gasteiger partial charge in [0, 0.05) is 18.7 Å². The van der Waals surface area contributed by atoms with Crippen LogP contribution in [0.1, 0.15) is 6.92 Å². The van der Waals surface area contributed by atoms with E-state index in [9.17, 15) is 9.59 Å². The van der Waals surface area contributed by atoms with E-state index < -0.39 is 5.91 Å². The quantitative estimate of drug-likeness (QED) is 0.856. The van der Waals surface area contributed by atoms with Crippen molar-refractivity contribution in [3.63, 3.8) is 0 Å². The standard InChI is InChI=1S/C18H16Cl2N2O4/c1-11(23)22(12-5-6-15-16(9-12)26-8-7-25-15)10-17(24)21-14-4-2-3-13(19)18(14)20/h2-6,9H,7-8,10H2,1H3,(H,21,24). The van der Waals surface area contributed by atoms with Crippen LogP contribution in [0, 0.1) is 0 Å². The molecule has 2 aromatic carbocycles. The first kappa shape index (κ1) is 18.4. The van der Waals surface area contributed by atoms with Gasteiger partial charge in [-0.25, -0.2) is 0 Å². The summed E-state index contributed by atoms with van der Waals surface area (Å²) in [6, 6.07) is 10.0. The van der Waals surface area contributed by atoms with Gasteiger partial charge in [-0.3, -0.25) is 9.59 Å². The number of hydrogen-bond donors (Lipinski definition) is 1. The first-order valence-corrected chi connectivity index (χ1v) is 8.63. The maximum atomic E-state index is 12.4. The minimum atomic E-state index is -0.403. The molecule has 1 aliphatic heterocycles. The Hall–Kier alpha value is -2.44. The van der Waals surface area contributed by atoms with Gasteiger partial charge in [0.1, 0.15) is 19.8 Å². The molecule has 6 nitrogen and oxygen atoms in total. The van der Waals surface area contributed by atoms with Crippen molar-refractivity contribution in [1.82, 2.24) is 0 Å². The number of nitrogens with zero attached hydrogens (tertiary/aromatic N) is 1. The summed E-state index contributed by atoms with van der Waals surface area (Å²) < 4.78 is 11.0. The van der Waals surface area contributed by atoms with Gasteiger partial charge in [0.05, 0.1) is 15.7 Å². The minimum absolute atomic E-state index is 0.183. The third-order valence-corrected chi connectivity index (χ3v) is 4.56. The van der Waals surface area contributed by atoms with Crippen LogP contribution >= 0.6 is 23.2 Å². The molecule has 3 rings (SSSR count). The van der Waals surface area contributed by atoms with E-state index in [4.69, 9.17) is 32.7 Å². The molecule has 0 saturated heterocycles. The van der Waals surface area contributed by atoms with Crippen LogP contribution in [0.5, 0.6) is 11.5 Å². The highest BCUT2D eigenvalue weighted by Gasteiger charge is 2.20. The number of hydrogen-bond acceptors (Lipinski definition) is 4. The molecule has 0 fully saturated rings. The largest absolute Gasteiger partial charge is 0.486 e. The van der Waals surface area contributed by atoms with E-state index in [1.165, 1.54) is 11.8 Å². The van der Waals surface area contributed by atoms with Gasteiger partial charge in [0.25, 0.3) is 0 Å². The van der Waals surface area contributed by atoms with Gasteiger partial charge in [-0.1, -0.05) is 29.3 Å². The smallest absolute Gasteiger partial charge is 0.244 e. The average molecular weight is 395 g/mol. The van der Waals surface area contributed by atoms with E-state index in [-0.39, 0.29) is 17.5 Å². The Balaban J connectivity index is 1.77. The van der Waals surface area contributed by atoms with Crippen LogP contribution in [-0.4, -0.2) is 31.6 Å². The average Bonchev–Trinajstić information content (AvgIpc) is 2.63. The molecule has 0 bridgehead atoms. The van der Waals surface area contributed by atoms with Gasteiger partial charge in [0.2, 0.25) is 11.8 Å². The molecule has 0 aliphatic carbocycles. The SMILES string of the molecule is CC(=O)N(CC(=O)Nc1cccc(Cl)c1Cl)c1ccc2c(c1)OCCO2. The number of ether oxygens (including phenoxy) is 2. The normalized spacial score (nSPS) is 12.4.